The second-order valence-electron chi connectivity index (χ2n) is 5.76. The molecule has 0 aliphatic heterocycles. The maximum Gasteiger partial charge on any atom is 0.573 e. The number of rotatable bonds is 8. The SMILES string of the molecule is CC.Fc1ccc(CN(CCCl)CC(Cl)c2ccc(OC(F)(F)F)cc2)cc1F. The van der Waals surface area contributed by atoms with E-state index < -0.39 is 23.4 Å². The average molecular weight is 458 g/mol. The van der Waals surface area contributed by atoms with Crippen LogP contribution in [0, 0.1) is 11.6 Å². The summed E-state index contributed by atoms with van der Waals surface area (Å²) in [6.07, 6.45) is -4.76. The lowest BCUT2D eigenvalue weighted by molar-refractivity contribution is -0.274. The molecule has 2 aromatic carbocycles. The molecule has 0 aromatic heterocycles. The van der Waals surface area contributed by atoms with Gasteiger partial charge in [-0.3, -0.25) is 4.90 Å². The molecule has 0 saturated carbocycles. The summed E-state index contributed by atoms with van der Waals surface area (Å²) in [5.41, 5.74) is 1.15. The number of ether oxygens (including phenoxy) is 1. The minimum Gasteiger partial charge on any atom is -0.406 e. The van der Waals surface area contributed by atoms with Gasteiger partial charge in [0.1, 0.15) is 5.75 Å². The van der Waals surface area contributed by atoms with Crippen LogP contribution in [0.5, 0.6) is 5.75 Å². The van der Waals surface area contributed by atoms with Gasteiger partial charge >= 0.3 is 6.36 Å². The molecule has 9 heteroatoms. The lowest BCUT2D eigenvalue weighted by Crippen LogP contribution is -2.29. The zero-order chi connectivity index (χ0) is 22.0. The van der Waals surface area contributed by atoms with Crippen molar-refractivity contribution in [2.24, 2.45) is 0 Å². The molecule has 0 bridgehead atoms. The van der Waals surface area contributed by atoms with Gasteiger partial charge in [0.2, 0.25) is 0 Å². The van der Waals surface area contributed by atoms with E-state index in [-0.39, 0.29) is 5.75 Å². The van der Waals surface area contributed by atoms with E-state index in [4.69, 9.17) is 23.2 Å². The topological polar surface area (TPSA) is 12.5 Å². The molecule has 0 spiro atoms. The van der Waals surface area contributed by atoms with E-state index in [2.05, 4.69) is 4.74 Å². The monoisotopic (exact) mass is 457 g/mol. The van der Waals surface area contributed by atoms with E-state index >= 15 is 0 Å². The number of halogens is 7. The van der Waals surface area contributed by atoms with Gasteiger partial charge in [-0.2, -0.15) is 0 Å². The third-order valence-corrected chi connectivity index (χ3v) is 4.24. The Bertz CT molecular complexity index is 741. The lowest BCUT2D eigenvalue weighted by atomic mass is 10.1. The predicted molar refractivity (Wildman–Crippen MR) is 105 cm³/mol. The van der Waals surface area contributed by atoms with Crippen LogP contribution in [-0.4, -0.2) is 30.2 Å². The normalized spacial score (nSPS) is 12.3. The van der Waals surface area contributed by atoms with Crippen LogP contribution < -0.4 is 4.74 Å². The Morgan fingerprint density at radius 2 is 1.62 bits per heavy atom. The van der Waals surface area contributed by atoms with Crippen molar-refractivity contribution in [3.8, 4) is 5.75 Å². The highest BCUT2D eigenvalue weighted by Gasteiger charge is 2.31. The van der Waals surface area contributed by atoms with Gasteiger partial charge in [0, 0.05) is 25.5 Å². The fourth-order valence-electron chi connectivity index (χ4n) is 2.46. The zero-order valence-corrected chi connectivity index (χ0v) is 17.5. The van der Waals surface area contributed by atoms with Crippen LogP contribution in [0.2, 0.25) is 0 Å². The van der Waals surface area contributed by atoms with Crippen molar-refractivity contribution in [1.82, 2.24) is 4.90 Å². The van der Waals surface area contributed by atoms with Crippen molar-refractivity contribution in [2.75, 3.05) is 19.0 Å². The van der Waals surface area contributed by atoms with Gasteiger partial charge in [0.25, 0.3) is 0 Å². The van der Waals surface area contributed by atoms with Gasteiger partial charge in [-0.05, 0) is 35.4 Å². The summed E-state index contributed by atoms with van der Waals surface area (Å²) in [5, 5.41) is -0.543. The van der Waals surface area contributed by atoms with Gasteiger partial charge in [0.05, 0.1) is 5.38 Å². The molecule has 2 rings (SSSR count). The molecular weight excluding hydrogens is 436 g/mol. The molecule has 0 aliphatic carbocycles. The van der Waals surface area contributed by atoms with Crippen molar-refractivity contribution in [3.63, 3.8) is 0 Å². The van der Waals surface area contributed by atoms with E-state index in [1.54, 1.807) is 0 Å². The summed E-state index contributed by atoms with van der Waals surface area (Å²) in [4.78, 5) is 1.84. The van der Waals surface area contributed by atoms with Crippen LogP contribution in [0.1, 0.15) is 30.4 Å². The molecule has 1 atom stereocenters. The Hall–Kier alpha value is -1.57. The molecule has 0 heterocycles. The maximum atomic E-state index is 13.4. The molecule has 29 heavy (non-hydrogen) atoms. The quantitative estimate of drug-likeness (QED) is 0.315. The van der Waals surface area contributed by atoms with E-state index in [1.165, 1.54) is 30.3 Å². The minimum absolute atomic E-state index is 0.294. The van der Waals surface area contributed by atoms with Gasteiger partial charge in [-0.1, -0.05) is 32.0 Å². The summed E-state index contributed by atoms with van der Waals surface area (Å²) >= 11 is 12.2. The highest BCUT2D eigenvalue weighted by Crippen LogP contribution is 2.27. The van der Waals surface area contributed by atoms with Gasteiger partial charge in [-0.25, -0.2) is 8.78 Å². The highest BCUT2D eigenvalue weighted by molar-refractivity contribution is 6.21. The molecule has 162 valence electrons. The largest absolute Gasteiger partial charge is 0.573 e. The first kappa shape index (κ1) is 25.5. The van der Waals surface area contributed by atoms with Crippen LogP contribution >= 0.6 is 23.2 Å². The van der Waals surface area contributed by atoms with E-state index in [0.717, 1.165) is 12.1 Å². The van der Waals surface area contributed by atoms with Gasteiger partial charge < -0.3 is 4.74 Å². The average Bonchev–Trinajstić information content (AvgIpc) is 2.66. The van der Waals surface area contributed by atoms with Crippen molar-refractivity contribution in [1.29, 1.82) is 0 Å². The molecule has 2 aromatic rings. The molecule has 2 nitrogen and oxygen atoms in total. The number of hydrogen-bond acceptors (Lipinski definition) is 2. The predicted octanol–water partition coefficient (Wildman–Crippen LogP) is 6.91. The maximum absolute atomic E-state index is 13.4. The van der Waals surface area contributed by atoms with Crippen LogP contribution in [0.4, 0.5) is 22.0 Å². The molecule has 0 saturated heterocycles. The summed E-state index contributed by atoms with van der Waals surface area (Å²) in [6.45, 7) is 5.05. The molecule has 0 fully saturated rings. The molecule has 1 unspecified atom stereocenters. The second kappa shape index (κ2) is 12.2. The first-order chi connectivity index (χ1) is 13.7. The van der Waals surface area contributed by atoms with Crippen LogP contribution in [-0.2, 0) is 6.54 Å². The molecule has 0 aliphatic rings. The summed E-state index contributed by atoms with van der Waals surface area (Å²) < 4.78 is 66.8. The third-order valence-electron chi connectivity index (χ3n) is 3.68. The number of alkyl halides is 5. The van der Waals surface area contributed by atoms with Crippen molar-refractivity contribution < 1.29 is 26.7 Å². The third kappa shape index (κ3) is 9.19. The van der Waals surface area contributed by atoms with Crippen LogP contribution in [0.15, 0.2) is 42.5 Å². The smallest absolute Gasteiger partial charge is 0.406 e. The summed E-state index contributed by atoms with van der Waals surface area (Å²) in [7, 11) is 0. The molecule has 0 N–H and O–H groups in total. The van der Waals surface area contributed by atoms with Crippen molar-refractivity contribution >= 4 is 23.2 Å². The number of hydrogen-bond donors (Lipinski definition) is 0. The Labute approximate surface area is 177 Å². The first-order valence-corrected chi connectivity index (χ1v) is 9.87. The standard InChI is InChI=1S/C18H16Cl2F5NO.C2H6/c19-7-8-26(10-12-1-6-16(21)17(22)9-12)11-15(20)13-2-4-14(5-3-13)27-18(23,24)25;1-2/h1-6,9,15H,7-8,10-11H2;1-2H3. The van der Waals surface area contributed by atoms with Gasteiger partial charge in [-0.15, -0.1) is 36.4 Å². The molecule has 0 amide bonds. The highest BCUT2D eigenvalue weighted by atomic mass is 35.5. The Morgan fingerprint density at radius 3 is 2.14 bits per heavy atom. The zero-order valence-electron chi connectivity index (χ0n) is 15.9. The van der Waals surface area contributed by atoms with Crippen molar-refractivity contribution in [3.05, 3.63) is 65.2 Å². The van der Waals surface area contributed by atoms with Crippen molar-refractivity contribution in [2.45, 2.75) is 32.1 Å². The molecule has 0 radical (unpaired) electrons. The first-order valence-electron chi connectivity index (χ1n) is 8.90. The summed E-state index contributed by atoms with van der Waals surface area (Å²) in [5.74, 6) is -1.92. The molecular formula is C20H22Cl2F5NO. The Balaban J connectivity index is 0.00000204. The Morgan fingerprint density at radius 1 is 1.00 bits per heavy atom. The lowest BCUT2D eigenvalue weighted by Gasteiger charge is -2.24. The van der Waals surface area contributed by atoms with Crippen LogP contribution in [0.25, 0.3) is 0 Å². The number of benzene rings is 2. The minimum atomic E-state index is -4.76. The fourth-order valence-corrected chi connectivity index (χ4v) is 3.04. The van der Waals surface area contributed by atoms with Gasteiger partial charge in [0.15, 0.2) is 11.6 Å². The second-order valence-corrected chi connectivity index (χ2v) is 6.66. The van der Waals surface area contributed by atoms with E-state index in [1.807, 2.05) is 18.7 Å². The number of nitrogens with zero attached hydrogens (tertiary/aromatic N) is 1. The Kier molecular flexibility index (Phi) is 10.7. The van der Waals surface area contributed by atoms with E-state index in [9.17, 15) is 22.0 Å². The van der Waals surface area contributed by atoms with E-state index in [0.29, 0.717) is 36.6 Å². The van der Waals surface area contributed by atoms with Crippen LogP contribution in [0.3, 0.4) is 0 Å². The summed E-state index contributed by atoms with van der Waals surface area (Å²) in [6, 6.07) is 8.85. The fraction of sp³-hybridized carbons (Fsp3) is 0.400.